The summed E-state index contributed by atoms with van der Waals surface area (Å²) >= 11 is 0. The lowest BCUT2D eigenvalue weighted by molar-refractivity contribution is -0.142. The average Bonchev–Trinajstić information content (AvgIpc) is 3.32. The molecule has 0 heterocycles. The van der Waals surface area contributed by atoms with Crippen molar-refractivity contribution in [2.24, 2.45) is 23.7 Å². The monoisotopic (exact) mass is 482 g/mol. The van der Waals surface area contributed by atoms with Crippen LogP contribution in [0.3, 0.4) is 0 Å². The molecule has 196 valence electrons. The molecular formula is C27H46O7. The van der Waals surface area contributed by atoms with Crippen molar-refractivity contribution in [2.45, 2.75) is 85.5 Å². The zero-order chi connectivity index (χ0) is 25.2. The van der Waals surface area contributed by atoms with Gasteiger partial charge in [-0.15, -0.1) is 0 Å². The number of carbonyl (C=O) groups excluding carboxylic acids is 3. The van der Waals surface area contributed by atoms with E-state index >= 15 is 0 Å². The van der Waals surface area contributed by atoms with Crippen molar-refractivity contribution in [3.63, 3.8) is 0 Å². The molecule has 2 aliphatic rings. The molecule has 2 fully saturated rings. The molecule has 2 N–H and O–H groups in total. The lowest BCUT2D eigenvalue weighted by atomic mass is 9.89. The second kappa shape index (κ2) is 20.1. The van der Waals surface area contributed by atoms with Crippen LogP contribution >= 0.6 is 0 Å². The van der Waals surface area contributed by atoms with Crippen LogP contribution < -0.4 is 0 Å². The second-order valence-electron chi connectivity index (χ2n) is 8.35. The van der Waals surface area contributed by atoms with Crippen LogP contribution in [-0.2, 0) is 23.9 Å². The number of aliphatic carboxylic acids is 1. The summed E-state index contributed by atoms with van der Waals surface area (Å²) in [6.07, 6.45) is 14.9. The van der Waals surface area contributed by atoms with E-state index in [4.69, 9.17) is 10.2 Å². The number of hydrogen-bond donors (Lipinski definition) is 2. The highest BCUT2D eigenvalue weighted by Crippen LogP contribution is 2.35. The predicted molar refractivity (Wildman–Crippen MR) is 134 cm³/mol. The van der Waals surface area contributed by atoms with Crippen LogP contribution in [0.1, 0.15) is 85.5 Å². The zero-order valence-corrected chi connectivity index (χ0v) is 20.6. The number of aliphatic hydroxyl groups excluding tert-OH is 1. The maximum absolute atomic E-state index is 11.7. The van der Waals surface area contributed by atoms with E-state index in [2.05, 4.69) is 23.8 Å². The maximum atomic E-state index is 11.7. The van der Waals surface area contributed by atoms with Gasteiger partial charge >= 0.3 is 11.9 Å². The number of rotatable bonds is 10. The number of allylic oxidation sites excluding steroid dienone is 4. The van der Waals surface area contributed by atoms with Gasteiger partial charge < -0.3 is 14.9 Å². The number of methoxy groups -OCH3 is 1. The minimum atomic E-state index is -0.792. The standard InChI is InChI=1S/C13H20O3.C12H18O3.CH4O.CH4/c1-3-4-5-6-11-10(7-8-12(11)14)9-13(15)16-2;1-2-3-4-5-10-9(8-12(14)15)6-7-11(10)13;1-2;/h4-5,10-11H,3,6-9H2,1-2H3;3-4,9-10H,2,5-8H2,1H3,(H,14,15);2H,1H3;1H4/b5-4-;4-3-;;/t10-,11+;9-,10+;;/m00../s1. The summed E-state index contributed by atoms with van der Waals surface area (Å²) < 4.78 is 4.65. The number of Topliss-reactive ketones (excluding diaryl/α,β-unsaturated/α-hetero) is 2. The number of esters is 1. The summed E-state index contributed by atoms with van der Waals surface area (Å²) in [7, 11) is 2.39. The first-order chi connectivity index (χ1) is 15.8. The summed E-state index contributed by atoms with van der Waals surface area (Å²) in [5.41, 5.74) is 0. The molecule has 0 unspecified atom stereocenters. The first-order valence-electron chi connectivity index (χ1n) is 11.9. The van der Waals surface area contributed by atoms with E-state index in [-0.39, 0.29) is 49.3 Å². The molecule has 7 heteroatoms. The molecule has 0 aromatic heterocycles. The Kier molecular flexibility index (Phi) is 20.1. The zero-order valence-electron chi connectivity index (χ0n) is 20.6. The molecule has 2 aliphatic carbocycles. The molecule has 0 radical (unpaired) electrons. The molecule has 0 amide bonds. The summed E-state index contributed by atoms with van der Waals surface area (Å²) in [6.45, 7) is 4.11. The largest absolute Gasteiger partial charge is 0.481 e. The smallest absolute Gasteiger partial charge is 0.305 e. The van der Waals surface area contributed by atoms with Crippen molar-refractivity contribution in [1.82, 2.24) is 0 Å². The third kappa shape index (κ3) is 12.8. The van der Waals surface area contributed by atoms with Gasteiger partial charge in [0, 0.05) is 44.6 Å². The van der Waals surface area contributed by atoms with Crippen molar-refractivity contribution in [1.29, 1.82) is 0 Å². The highest BCUT2D eigenvalue weighted by Gasteiger charge is 2.35. The number of carbonyl (C=O) groups is 4. The maximum Gasteiger partial charge on any atom is 0.305 e. The van der Waals surface area contributed by atoms with E-state index in [0.29, 0.717) is 31.5 Å². The fourth-order valence-electron chi connectivity index (χ4n) is 4.43. The molecule has 2 saturated carbocycles. The normalized spacial score (nSPS) is 23.7. The Bertz CT molecular complexity index is 666. The van der Waals surface area contributed by atoms with Crippen LogP contribution in [0.4, 0.5) is 0 Å². The Morgan fingerprint density at radius 3 is 1.62 bits per heavy atom. The number of hydrogen-bond acceptors (Lipinski definition) is 6. The minimum absolute atomic E-state index is 0. The summed E-state index contributed by atoms with van der Waals surface area (Å²) in [5.74, 6) is -0.247. The summed E-state index contributed by atoms with van der Waals surface area (Å²) in [4.78, 5) is 45.0. The summed E-state index contributed by atoms with van der Waals surface area (Å²) in [6, 6.07) is 0. The molecule has 0 aliphatic heterocycles. The van der Waals surface area contributed by atoms with Gasteiger partial charge in [0.15, 0.2) is 0 Å². The predicted octanol–water partition coefficient (Wildman–Crippen LogP) is 5.16. The molecule has 34 heavy (non-hydrogen) atoms. The Labute approximate surface area is 205 Å². The first-order valence-corrected chi connectivity index (χ1v) is 11.9. The highest BCUT2D eigenvalue weighted by atomic mass is 16.5. The van der Waals surface area contributed by atoms with E-state index < -0.39 is 5.97 Å². The summed E-state index contributed by atoms with van der Waals surface area (Å²) in [5, 5.41) is 15.7. The van der Waals surface area contributed by atoms with Gasteiger partial charge in [-0.05, 0) is 50.4 Å². The number of aliphatic hydroxyl groups is 1. The van der Waals surface area contributed by atoms with Crippen molar-refractivity contribution in [3.05, 3.63) is 24.3 Å². The lowest BCUT2D eigenvalue weighted by Crippen LogP contribution is -2.18. The molecule has 0 saturated heterocycles. The van der Waals surface area contributed by atoms with Gasteiger partial charge in [-0.2, -0.15) is 0 Å². The van der Waals surface area contributed by atoms with Crippen LogP contribution in [0.5, 0.6) is 0 Å². The van der Waals surface area contributed by atoms with Gasteiger partial charge in [0.25, 0.3) is 0 Å². The van der Waals surface area contributed by atoms with Gasteiger partial charge in [-0.25, -0.2) is 0 Å². The van der Waals surface area contributed by atoms with Crippen LogP contribution in [0, 0.1) is 23.7 Å². The number of ether oxygens (including phenoxy) is 1. The van der Waals surface area contributed by atoms with Gasteiger partial charge in [0.1, 0.15) is 11.6 Å². The number of carboxylic acids is 1. The topological polar surface area (TPSA) is 118 Å². The Balaban J connectivity index is 0. The molecule has 2 rings (SSSR count). The number of carboxylic acid groups (broad SMARTS) is 1. The van der Waals surface area contributed by atoms with Crippen LogP contribution in [0.2, 0.25) is 0 Å². The molecule has 4 atom stereocenters. The van der Waals surface area contributed by atoms with E-state index in [0.717, 1.165) is 39.2 Å². The Morgan fingerprint density at radius 1 is 0.853 bits per heavy atom. The fraction of sp³-hybridized carbons (Fsp3) is 0.704. The molecule has 0 aromatic carbocycles. The van der Waals surface area contributed by atoms with Crippen molar-refractivity contribution in [3.8, 4) is 0 Å². The highest BCUT2D eigenvalue weighted by molar-refractivity contribution is 5.85. The van der Waals surface area contributed by atoms with E-state index in [1.54, 1.807) is 0 Å². The van der Waals surface area contributed by atoms with Crippen molar-refractivity contribution < 1.29 is 34.1 Å². The van der Waals surface area contributed by atoms with Gasteiger partial charge in [0.2, 0.25) is 0 Å². The average molecular weight is 483 g/mol. The Hall–Kier alpha value is -2.28. The van der Waals surface area contributed by atoms with Gasteiger partial charge in [-0.3, -0.25) is 19.2 Å². The van der Waals surface area contributed by atoms with E-state index in [1.807, 2.05) is 19.1 Å². The third-order valence-electron chi connectivity index (χ3n) is 6.17. The lowest BCUT2D eigenvalue weighted by Gasteiger charge is -2.15. The van der Waals surface area contributed by atoms with Crippen molar-refractivity contribution in [2.75, 3.05) is 14.2 Å². The molecular weight excluding hydrogens is 436 g/mol. The third-order valence-corrected chi connectivity index (χ3v) is 6.17. The van der Waals surface area contributed by atoms with Gasteiger partial charge in [0.05, 0.1) is 7.11 Å². The fourth-order valence-corrected chi connectivity index (χ4v) is 4.43. The van der Waals surface area contributed by atoms with Gasteiger partial charge in [-0.1, -0.05) is 45.6 Å². The van der Waals surface area contributed by atoms with E-state index in [1.165, 1.54) is 7.11 Å². The second-order valence-corrected chi connectivity index (χ2v) is 8.35. The molecule has 0 aromatic rings. The van der Waals surface area contributed by atoms with Crippen LogP contribution in [-0.4, -0.2) is 47.9 Å². The number of ketones is 2. The van der Waals surface area contributed by atoms with Crippen LogP contribution in [0.25, 0.3) is 0 Å². The van der Waals surface area contributed by atoms with Crippen LogP contribution in [0.15, 0.2) is 24.3 Å². The Morgan fingerprint density at radius 2 is 1.26 bits per heavy atom. The molecule has 0 spiro atoms. The van der Waals surface area contributed by atoms with E-state index in [9.17, 15) is 19.2 Å². The quantitative estimate of drug-likeness (QED) is 0.326. The first kappa shape index (κ1) is 33.9. The molecule has 0 bridgehead atoms. The minimum Gasteiger partial charge on any atom is -0.481 e. The SMILES string of the molecule is C.CC/C=C\C[C@H]1C(=O)CC[C@H]1CC(=O)O.CC/C=C\C[C@H]1C(=O)CC[C@H]1CC(=O)OC.CO. The van der Waals surface area contributed by atoms with Crippen molar-refractivity contribution >= 4 is 23.5 Å². The molecule has 7 nitrogen and oxygen atoms in total.